The molecule has 0 aliphatic carbocycles. The molecule has 3 N–H and O–H groups in total. The minimum absolute atomic E-state index is 0.0535. The number of quaternary nitrogens is 1. The van der Waals surface area contributed by atoms with E-state index < -0.39 is 6.61 Å². The molecule has 0 radical (unpaired) electrons. The molecule has 1 aromatic rings. The molecule has 1 aliphatic heterocycles. The summed E-state index contributed by atoms with van der Waals surface area (Å²) in [6, 6.07) is 6.21. The van der Waals surface area contributed by atoms with Crippen LogP contribution in [0, 0.1) is 0 Å². The van der Waals surface area contributed by atoms with Gasteiger partial charge in [-0.3, -0.25) is 4.79 Å². The highest BCUT2D eigenvalue weighted by molar-refractivity contribution is 7.80. The number of halogens is 2. The van der Waals surface area contributed by atoms with Gasteiger partial charge in [0.15, 0.2) is 11.7 Å². The summed E-state index contributed by atoms with van der Waals surface area (Å²) in [5.41, 5.74) is 0.487. The van der Waals surface area contributed by atoms with Gasteiger partial charge in [-0.1, -0.05) is 0 Å². The summed E-state index contributed by atoms with van der Waals surface area (Å²) in [5, 5.41) is 6.66. The predicted molar refractivity (Wildman–Crippen MR) is 104 cm³/mol. The Morgan fingerprint density at radius 2 is 1.85 bits per heavy atom. The fourth-order valence-electron chi connectivity index (χ4n) is 2.81. The Kier molecular flexibility index (Phi) is 7.32. The van der Waals surface area contributed by atoms with Crippen LogP contribution in [-0.4, -0.2) is 60.8 Å². The first-order valence-electron chi connectivity index (χ1n) is 8.88. The third-order valence-corrected chi connectivity index (χ3v) is 4.37. The molecule has 0 saturated carbocycles. The number of nitrogens with one attached hydrogen (secondary N) is 3. The van der Waals surface area contributed by atoms with Crippen LogP contribution in [0.3, 0.4) is 0 Å². The van der Waals surface area contributed by atoms with Gasteiger partial charge in [0.05, 0.1) is 26.2 Å². The van der Waals surface area contributed by atoms with Crippen LogP contribution in [-0.2, 0) is 4.79 Å². The lowest BCUT2D eigenvalue weighted by Crippen LogP contribution is -3.16. The fraction of sp³-hybridized carbons (Fsp3) is 0.556. The zero-order valence-electron chi connectivity index (χ0n) is 15.9. The zero-order valence-corrected chi connectivity index (χ0v) is 16.7. The molecule has 9 heteroatoms. The van der Waals surface area contributed by atoms with Crippen LogP contribution in [0.25, 0.3) is 0 Å². The Morgan fingerprint density at radius 3 is 2.37 bits per heavy atom. The van der Waals surface area contributed by atoms with E-state index in [0.717, 1.165) is 26.2 Å². The predicted octanol–water partition coefficient (Wildman–Crippen LogP) is 1.10. The average Bonchev–Trinajstić information content (AvgIpc) is 2.55. The summed E-state index contributed by atoms with van der Waals surface area (Å²) in [7, 11) is 0. The number of ether oxygens (including phenoxy) is 1. The van der Waals surface area contributed by atoms with Gasteiger partial charge in [0.25, 0.3) is 5.91 Å². The van der Waals surface area contributed by atoms with Crippen molar-refractivity contribution in [1.82, 2.24) is 10.2 Å². The summed E-state index contributed by atoms with van der Waals surface area (Å²) in [6.45, 7) is 6.65. The van der Waals surface area contributed by atoms with Crippen molar-refractivity contribution in [2.24, 2.45) is 0 Å². The molecule has 1 heterocycles. The number of nitrogens with zero attached hydrogens (tertiary/aromatic N) is 1. The lowest BCUT2D eigenvalue weighted by atomic mass is 10.1. The van der Waals surface area contributed by atoms with Crippen molar-refractivity contribution >= 4 is 28.9 Å². The summed E-state index contributed by atoms with van der Waals surface area (Å²) in [5.74, 6) is 0.157. The van der Waals surface area contributed by atoms with E-state index in [0.29, 0.717) is 17.3 Å². The number of alkyl halides is 2. The standard InChI is InChI=1S/C18H26F2N4O2S/c1-18(2,3)22-15(25)12-23-8-10-24(11-9-23)17(27)21-13-4-6-14(7-5-13)26-16(19)20/h4-7,16H,8-12H2,1-3H3,(H,21,27)(H,22,25)/p+1. The summed E-state index contributed by atoms with van der Waals surface area (Å²) >= 11 is 5.43. The van der Waals surface area contributed by atoms with Crippen LogP contribution in [0.5, 0.6) is 5.75 Å². The van der Waals surface area contributed by atoms with Gasteiger partial charge in [-0.05, 0) is 57.3 Å². The molecular formula is C18H27F2N4O2S+. The maximum atomic E-state index is 12.2. The molecule has 0 unspecified atom stereocenters. The summed E-state index contributed by atoms with van der Waals surface area (Å²) in [4.78, 5) is 15.3. The van der Waals surface area contributed by atoms with Crippen molar-refractivity contribution in [1.29, 1.82) is 0 Å². The molecule has 0 spiro atoms. The second-order valence-corrected chi connectivity index (χ2v) is 7.93. The number of hydrogen-bond acceptors (Lipinski definition) is 3. The van der Waals surface area contributed by atoms with Gasteiger partial charge in [-0.15, -0.1) is 0 Å². The van der Waals surface area contributed by atoms with Crippen molar-refractivity contribution in [3.8, 4) is 5.75 Å². The number of piperazine rings is 1. The Labute approximate surface area is 163 Å². The van der Waals surface area contributed by atoms with E-state index >= 15 is 0 Å². The van der Waals surface area contributed by atoms with E-state index in [2.05, 4.69) is 15.4 Å². The van der Waals surface area contributed by atoms with Crippen LogP contribution in [0.2, 0.25) is 0 Å². The maximum absolute atomic E-state index is 12.2. The van der Waals surface area contributed by atoms with Gasteiger partial charge in [-0.25, -0.2) is 0 Å². The molecule has 1 aliphatic rings. The summed E-state index contributed by atoms with van der Waals surface area (Å²) < 4.78 is 28.7. The molecule has 1 fully saturated rings. The molecule has 1 amide bonds. The highest BCUT2D eigenvalue weighted by Gasteiger charge is 2.25. The number of hydrogen-bond donors (Lipinski definition) is 3. The number of thiocarbonyl (C=S) groups is 1. The fourth-order valence-corrected chi connectivity index (χ4v) is 3.11. The van der Waals surface area contributed by atoms with E-state index in [1.54, 1.807) is 12.1 Å². The highest BCUT2D eigenvalue weighted by Crippen LogP contribution is 2.18. The molecule has 1 aromatic carbocycles. The van der Waals surface area contributed by atoms with Crippen LogP contribution >= 0.6 is 12.2 Å². The molecule has 0 aromatic heterocycles. The Hall–Kier alpha value is -2.00. The monoisotopic (exact) mass is 401 g/mol. The largest absolute Gasteiger partial charge is 0.435 e. The zero-order chi connectivity index (χ0) is 20.0. The second kappa shape index (κ2) is 9.27. The highest BCUT2D eigenvalue weighted by atomic mass is 32.1. The molecule has 1 saturated heterocycles. The van der Waals surface area contributed by atoms with Gasteiger partial charge >= 0.3 is 6.61 Å². The van der Waals surface area contributed by atoms with Gasteiger partial charge in [0.2, 0.25) is 0 Å². The maximum Gasteiger partial charge on any atom is 0.387 e. The lowest BCUT2D eigenvalue weighted by molar-refractivity contribution is -0.895. The molecule has 150 valence electrons. The molecule has 2 rings (SSSR count). The smallest absolute Gasteiger partial charge is 0.387 e. The van der Waals surface area contributed by atoms with Gasteiger partial charge in [-0.2, -0.15) is 8.78 Å². The minimum Gasteiger partial charge on any atom is -0.435 e. The normalized spacial score (nSPS) is 15.6. The summed E-state index contributed by atoms with van der Waals surface area (Å²) in [6.07, 6.45) is 0. The van der Waals surface area contributed by atoms with Crippen LogP contribution in [0.4, 0.5) is 14.5 Å². The number of anilines is 1. The lowest BCUT2D eigenvalue weighted by Gasteiger charge is -2.34. The van der Waals surface area contributed by atoms with Crippen molar-refractivity contribution < 1.29 is 23.2 Å². The first-order chi connectivity index (χ1) is 12.6. The van der Waals surface area contributed by atoms with E-state index in [-0.39, 0.29) is 17.2 Å². The van der Waals surface area contributed by atoms with Crippen molar-refractivity contribution in [2.45, 2.75) is 32.9 Å². The SMILES string of the molecule is CC(C)(C)NC(=O)C[NH+]1CCN(C(=S)Nc2ccc(OC(F)F)cc2)CC1. The topological polar surface area (TPSA) is 58.0 Å². The average molecular weight is 402 g/mol. The number of rotatable bonds is 5. The molecular weight excluding hydrogens is 374 g/mol. The van der Waals surface area contributed by atoms with Crippen molar-refractivity contribution in [2.75, 3.05) is 38.0 Å². The third-order valence-electron chi connectivity index (χ3n) is 4.01. The van der Waals surface area contributed by atoms with Crippen LogP contribution in [0.15, 0.2) is 24.3 Å². The third kappa shape index (κ3) is 7.64. The molecule has 0 bridgehead atoms. The first kappa shape index (κ1) is 21.3. The van der Waals surface area contributed by atoms with Crippen molar-refractivity contribution in [3.05, 3.63) is 24.3 Å². The quantitative estimate of drug-likeness (QED) is 0.645. The minimum atomic E-state index is -2.84. The number of amides is 1. The molecule has 27 heavy (non-hydrogen) atoms. The van der Waals surface area contributed by atoms with E-state index in [4.69, 9.17) is 12.2 Å². The molecule has 6 nitrogen and oxygen atoms in total. The van der Waals surface area contributed by atoms with Gasteiger partial charge in [0.1, 0.15) is 5.75 Å². The number of benzene rings is 1. The Bertz CT molecular complexity index is 642. The van der Waals surface area contributed by atoms with E-state index in [9.17, 15) is 13.6 Å². The van der Waals surface area contributed by atoms with Crippen LogP contribution in [0.1, 0.15) is 20.8 Å². The number of carbonyl (C=O) groups excluding carboxylic acids is 1. The van der Waals surface area contributed by atoms with Crippen molar-refractivity contribution in [3.63, 3.8) is 0 Å². The van der Waals surface area contributed by atoms with Gasteiger partial charge in [0, 0.05) is 11.2 Å². The second-order valence-electron chi connectivity index (χ2n) is 7.55. The number of carbonyl (C=O) groups is 1. The van der Waals surface area contributed by atoms with E-state index in [1.807, 2.05) is 25.7 Å². The van der Waals surface area contributed by atoms with E-state index in [1.165, 1.54) is 17.0 Å². The first-order valence-corrected chi connectivity index (χ1v) is 9.28. The van der Waals surface area contributed by atoms with Gasteiger partial charge < -0.3 is 25.2 Å². The Balaban J connectivity index is 1.77. The Morgan fingerprint density at radius 1 is 1.26 bits per heavy atom. The van der Waals surface area contributed by atoms with Crippen LogP contribution < -0.4 is 20.3 Å². The molecule has 0 atom stereocenters.